The van der Waals surface area contributed by atoms with Crippen LogP contribution in [0.25, 0.3) is 0 Å². The Balaban J connectivity index is 1.61. The summed E-state index contributed by atoms with van der Waals surface area (Å²) in [6.07, 6.45) is 2.99. The smallest absolute Gasteiger partial charge is 0.240 e. The van der Waals surface area contributed by atoms with Crippen molar-refractivity contribution in [1.82, 2.24) is 15.0 Å². The first-order valence-electron chi connectivity index (χ1n) is 6.27. The summed E-state index contributed by atoms with van der Waals surface area (Å²) in [4.78, 5) is 6.35. The van der Waals surface area contributed by atoms with Crippen LogP contribution in [-0.4, -0.2) is 48.1 Å². The third-order valence-corrected chi connectivity index (χ3v) is 5.39. The second kappa shape index (κ2) is 4.31. The fraction of sp³-hybridized carbons (Fsp3) is 0.818. The van der Waals surface area contributed by atoms with Gasteiger partial charge in [0.15, 0.2) is 15.7 Å². The summed E-state index contributed by atoms with van der Waals surface area (Å²) in [5.41, 5.74) is 0. The Morgan fingerprint density at radius 2 is 2.17 bits per heavy atom. The predicted molar refractivity (Wildman–Crippen MR) is 64.8 cm³/mol. The zero-order valence-corrected chi connectivity index (χ0v) is 11.2. The highest BCUT2D eigenvalue weighted by Crippen LogP contribution is 2.38. The van der Waals surface area contributed by atoms with Crippen LogP contribution < -0.4 is 0 Å². The molecule has 1 aromatic rings. The molecule has 0 spiro atoms. The predicted octanol–water partition coefficient (Wildman–Crippen LogP) is 0.566. The average Bonchev–Trinajstić information content (AvgIpc) is 2.95. The first-order valence-corrected chi connectivity index (χ1v) is 8.09. The molecule has 0 aromatic carbocycles. The summed E-state index contributed by atoms with van der Waals surface area (Å²) in [5, 5.41) is 3.96. The molecule has 2 heterocycles. The molecule has 0 unspecified atom stereocenters. The number of hydrogen-bond donors (Lipinski definition) is 0. The summed E-state index contributed by atoms with van der Waals surface area (Å²) in [5.74, 6) is 2.41. The topological polar surface area (TPSA) is 76.3 Å². The van der Waals surface area contributed by atoms with Gasteiger partial charge in [-0.05, 0) is 26.3 Å². The van der Waals surface area contributed by atoms with Crippen molar-refractivity contribution in [2.75, 3.05) is 18.6 Å². The minimum atomic E-state index is -2.84. The van der Waals surface area contributed by atoms with Crippen molar-refractivity contribution < 1.29 is 12.9 Å². The molecule has 1 saturated heterocycles. The molecule has 0 bridgehead atoms. The molecule has 1 aliphatic carbocycles. The summed E-state index contributed by atoms with van der Waals surface area (Å²) in [6, 6.07) is 0.0753. The summed E-state index contributed by atoms with van der Waals surface area (Å²) in [7, 11) is -0.930. The maximum absolute atomic E-state index is 11.4. The number of nitrogens with zero attached hydrogens (tertiary/aromatic N) is 3. The number of aromatic nitrogens is 2. The van der Waals surface area contributed by atoms with Crippen molar-refractivity contribution >= 4 is 9.84 Å². The maximum Gasteiger partial charge on any atom is 0.240 e. The highest BCUT2D eigenvalue weighted by molar-refractivity contribution is 7.91. The Bertz CT molecular complexity index is 535. The van der Waals surface area contributed by atoms with E-state index in [0.29, 0.717) is 30.5 Å². The molecule has 0 radical (unpaired) electrons. The first-order chi connectivity index (χ1) is 8.53. The van der Waals surface area contributed by atoms with E-state index in [0.717, 1.165) is 18.7 Å². The molecular weight excluding hydrogens is 254 g/mol. The van der Waals surface area contributed by atoms with Gasteiger partial charge in [0.05, 0.1) is 18.1 Å². The van der Waals surface area contributed by atoms with E-state index < -0.39 is 9.84 Å². The fourth-order valence-electron chi connectivity index (χ4n) is 2.31. The zero-order chi connectivity index (χ0) is 12.8. The van der Waals surface area contributed by atoms with Gasteiger partial charge >= 0.3 is 0 Å². The van der Waals surface area contributed by atoms with Crippen LogP contribution in [0, 0.1) is 0 Å². The van der Waals surface area contributed by atoms with Crippen LogP contribution in [0.15, 0.2) is 4.52 Å². The van der Waals surface area contributed by atoms with Gasteiger partial charge in [0.2, 0.25) is 5.89 Å². The Hall–Kier alpha value is -0.950. The molecule has 1 saturated carbocycles. The van der Waals surface area contributed by atoms with Crippen molar-refractivity contribution in [3.05, 3.63) is 11.7 Å². The maximum atomic E-state index is 11.4. The molecule has 2 aliphatic rings. The van der Waals surface area contributed by atoms with Gasteiger partial charge in [0.1, 0.15) is 0 Å². The lowest BCUT2D eigenvalue weighted by Gasteiger charge is -2.20. The van der Waals surface area contributed by atoms with Crippen molar-refractivity contribution in [2.24, 2.45) is 0 Å². The van der Waals surface area contributed by atoms with Crippen LogP contribution in [-0.2, 0) is 16.4 Å². The van der Waals surface area contributed by atoms with Gasteiger partial charge < -0.3 is 4.52 Å². The van der Waals surface area contributed by atoms with Gasteiger partial charge in [-0.25, -0.2) is 8.42 Å². The van der Waals surface area contributed by atoms with E-state index in [1.54, 1.807) is 0 Å². The highest BCUT2D eigenvalue weighted by atomic mass is 32.2. The van der Waals surface area contributed by atoms with E-state index in [2.05, 4.69) is 10.1 Å². The van der Waals surface area contributed by atoms with Crippen LogP contribution in [0.5, 0.6) is 0 Å². The number of rotatable bonds is 4. The molecule has 7 heteroatoms. The van der Waals surface area contributed by atoms with Crippen LogP contribution >= 0.6 is 0 Å². The van der Waals surface area contributed by atoms with Crippen molar-refractivity contribution in [1.29, 1.82) is 0 Å². The third kappa shape index (κ3) is 2.56. The molecule has 3 rings (SSSR count). The Morgan fingerprint density at radius 1 is 1.39 bits per heavy atom. The lowest BCUT2D eigenvalue weighted by molar-refractivity contribution is 0.217. The fourth-order valence-corrected chi connectivity index (χ4v) is 4.11. The Labute approximate surface area is 106 Å². The SMILES string of the molecule is CN(Cc1nc(C2CC2)no1)[C@H]1CCS(=O)(=O)C1. The van der Waals surface area contributed by atoms with E-state index in [-0.39, 0.29) is 11.8 Å². The molecule has 6 nitrogen and oxygen atoms in total. The zero-order valence-electron chi connectivity index (χ0n) is 10.4. The average molecular weight is 271 g/mol. The van der Waals surface area contributed by atoms with Crippen LogP contribution in [0.1, 0.15) is 36.9 Å². The molecular formula is C11H17N3O3S. The van der Waals surface area contributed by atoms with Gasteiger partial charge in [0.25, 0.3) is 0 Å². The molecule has 1 atom stereocenters. The standard InChI is InChI=1S/C11H17N3O3S/c1-14(9-4-5-18(15,16)7-9)6-10-12-11(13-17-10)8-2-3-8/h8-9H,2-7H2,1H3/t9-/m0/s1. The first kappa shape index (κ1) is 12.1. The Kier molecular flexibility index (Phi) is 2.90. The second-order valence-electron chi connectivity index (χ2n) is 5.29. The van der Waals surface area contributed by atoms with Gasteiger partial charge in [-0.3, -0.25) is 4.90 Å². The molecule has 1 aromatic heterocycles. The monoisotopic (exact) mass is 271 g/mol. The van der Waals surface area contributed by atoms with Gasteiger partial charge in [-0.1, -0.05) is 5.16 Å². The summed E-state index contributed by atoms with van der Waals surface area (Å²) >= 11 is 0. The molecule has 2 fully saturated rings. The van der Waals surface area contributed by atoms with E-state index >= 15 is 0 Å². The highest BCUT2D eigenvalue weighted by Gasteiger charge is 2.32. The van der Waals surface area contributed by atoms with Gasteiger partial charge in [-0.2, -0.15) is 4.98 Å². The molecule has 18 heavy (non-hydrogen) atoms. The molecule has 0 amide bonds. The van der Waals surface area contributed by atoms with E-state index in [1.165, 1.54) is 0 Å². The van der Waals surface area contributed by atoms with Gasteiger partial charge in [-0.15, -0.1) is 0 Å². The molecule has 100 valence electrons. The minimum absolute atomic E-state index is 0.0753. The largest absolute Gasteiger partial charge is 0.338 e. The van der Waals surface area contributed by atoms with Crippen LogP contribution in [0.3, 0.4) is 0 Å². The normalized spacial score (nSPS) is 26.9. The molecule has 1 aliphatic heterocycles. The minimum Gasteiger partial charge on any atom is -0.338 e. The summed E-state index contributed by atoms with van der Waals surface area (Å²) in [6.45, 7) is 0.528. The lowest BCUT2D eigenvalue weighted by atomic mass is 10.2. The summed E-state index contributed by atoms with van der Waals surface area (Å²) < 4.78 is 28.0. The van der Waals surface area contributed by atoms with Crippen LogP contribution in [0.2, 0.25) is 0 Å². The Morgan fingerprint density at radius 3 is 2.78 bits per heavy atom. The van der Waals surface area contributed by atoms with E-state index in [4.69, 9.17) is 4.52 Å². The van der Waals surface area contributed by atoms with Crippen molar-refractivity contribution in [3.63, 3.8) is 0 Å². The van der Waals surface area contributed by atoms with Crippen LogP contribution in [0.4, 0.5) is 0 Å². The lowest BCUT2D eigenvalue weighted by Crippen LogP contribution is -2.32. The number of hydrogen-bond acceptors (Lipinski definition) is 6. The molecule has 0 N–H and O–H groups in total. The quantitative estimate of drug-likeness (QED) is 0.796. The third-order valence-electron chi connectivity index (χ3n) is 3.64. The van der Waals surface area contributed by atoms with E-state index in [9.17, 15) is 8.42 Å². The van der Waals surface area contributed by atoms with Crippen molar-refractivity contribution in [2.45, 2.75) is 37.8 Å². The van der Waals surface area contributed by atoms with E-state index in [1.807, 2.05) is 11.9 Å². The van der Waals surface area contributed by atoms with Gasteiger partial charge in [0, 0.05) is 12.0 Å². The number of sulfone groups is 1. The second-order valence-corrected chi connectivity index (χ2v) is 7.52. The van der Waals surface area contributed by atoms with Crippen molar-refractivity contribution in [3.8, 4) is 0 Å².